The summed E-state index contributed by atoms with van der Waals surface area (Å²) in [7, 11) is -3.66. The van der Waals surface area contributed by atoms with E-state index in [1.807, 2.05) is 0 Å². The van der Waals surface area contributed by atoms with Crippen molar-refractivity contribution in [2.45, 2.75) is 49.8 Å². The third kappa shape index (κ3) is 6.77. The molecule has 23 heavy (non-hydrogen) atoms. The molecule has 1 aromatic carbocycles. The molecular formula is C15H21NO6S. The van der Waals surface area contributed by atoms with Crippen molar-refractivity contribution in [3.63, 3.8) is 0 Å². The molecule has 0 aromatic heterocycles. The fourth-order valence-electron chi connectivity index (χ4n) is 2.26. The molecule has 0 atom stereocenters. The SMILES string of the molecule is O=C(O)CCCCCCCCS(=O)(=O)c1ccccc1[N+](=O)[O-]. The van der Waals surface area contributed by atoms with E-state index in [0.717, 1.165) is 19.3 Å². The van der Waals surface area contributed by atoms with Crippen LogP contribution < -0.4 is 0 Å². The minimum absolute atomic E-state index is 0.118. The number of unbranched alkanes of at least 4 members (excludes halogenated alkanes) is 5. The van der Waals surface area contributed by atoms with Gasteiger partial charge in [-0.3, -0.25) is 14.9 Å². The van der Waals surface area contributed by atoms with E-state index < -0.39 is 20.7 Å². The summed E-state index contributed by atoms with van der Waals surface area (Å²) in [6.07, 6.45) is 4.42. The number of hydrogen-bond donors (Lipinski definition) is 1. The van der Waals surface area contributed by atoms with Crippen LogP contribution in [0.3, 0.4) is 0 Å². The highest BCUT2D eigenvalue weighted by molar-refractivity contribution is 7.91. The lowest BCUT2D eigenvalue weighted by molar-refractivity contribution is -0.387. The first-order chi connectivity index (χ1) is 10.8. The highest BCUT2D eigenvalue weighted by Crippen LogP contribution is 2.24. The van der Waals surface area contributed by atoms with Gasteiger partial charge in [-0.2, -0.15) is 0 Å². The van der Waals surface area contributed by atoms with Crippen molar-refractivity contribution in [2.24, 2.45) is 0 Å². The topological polar surface area (TPSA) is 115 Å². The van der Waals surface area contributed by atoms with Crippen molar-refractivity contribution in [3.8, 4) is 0 Å². The number of nitro benzene ring substituents is 1. The first-order valence-electron chi connectivity index (χ1n) is 7.52. The minimum Gasteiger partial charge on any atom is -0.481 e. The van der Waals surface area contributed by atoms with Crippen LogP contribution in [0.4, 0.5) is 5.69 Å². The van der Waals surface area contributed by atoms with Crippen molar-refractivity contribution in [3.05, 3.63) is 34.4 Å². The first-order valence-corrected chi connectivity index (χ1v) is 9.18. The molecule has 1 N–H and O–H groups in total. The van der Waals surface area contributed by atoms with E-state index in [-0.39, 0.29) is 22.8 Å². The quantitative estimate of drug-likeness (QED) is 0.375. The second-order valence-electron chi connectivity index (χ2n) is 5.31. The summed E-state index contributed by atoms with van der Waals surface area (Å²) in [4.78, 5) is 20.3. The van der Waals surface area contributed by atoms with E-state index >= 15 is 0 Å². The van der Waals surface area contributed by atoms with Crippen LogP contribution in [0.2, 0.25) is 0 Å². The first kappa shape index (κ1) is 19.1. The number of sulfone groups is 1. The second kappa shape index (κ2) is 9.24. The van der Waals surface area contributed by atoms with Crippen LogP contribution in [-0.2, 0) is 14.6 Å². The number of nitrogens with zero attached hydrogens (tertiary/aromatic N) is 1. The summed E-state index contributed by atoms with van der Waals surface area (Å²) in [5, 5.41) is 19.4. The Kier molecular flexibility index (Phi) is 7.67. The van der Waals surface area contributed by atoms with Crippen LogP contribution in [0.5, 0.6) is 0 Å². The average Bonchev–Trinajstić information content (AvgIpc) is 2.49. The number of carboxylic acid groups (broad SMARTS) is 1. The third-order valence-corrected chi connectivity index (χ3v) is 5.29. The standard InChI is InChI=1S/C15H21NO6S/c17-15(18)11-5-3-1-2-4-8-12-23(21,22)14-10-7-6-9-13(14)16(19)20/h6-7,9-10H,1-5,8,11-12H2,(H,17,18). The molecule has 0 unspecified atom stereocenters. The van der Waals surface area contributed by atoms with Crippen molar-refractivity contribution in [2.75, 3.05) is 5.75 Å². The number of benzene rings is 1. The lowest BCUT2D eigenvalue weighted by atomic mass is 10.1. The Morgan fingerprint density at radius 2 is 1.61 bits per heavy atom. The van der Waals surface area contributed by atoms with E-state index in [1.165, 1.54) is 24.3 Å². The van der Waals surface area contributed by atoms with Crippen LogP contribution in [0.25, 0.3) is 0 Å². The van der Waals surface area contributed by atoms with Crippen LogP contribution in [0.1, 0.15) is 44.9 Å². The van der Waals surface area contributed by atoms with E-state index in [2.05, 4.69) is 0 Å². The average molecular weight is 343 g/mol. The van der Waals surface area contributed by atoms with Gasteiger partial charge in [-0.05, 0) is 18.9 Å². The molecule has 7 nitrogen and oxygen atoms in total. The minimum atomic E-state index is -3.66. The fraction of sp³-hybridized carbons (Fsp3) is 0.533. The van der Waals surface area contributed by atoms with Gasteiger partial charge in [-0.1, -0.05) is 37.8 Å². The molecule has 0 bridgehead atoms. The van der Waals surface area contributed by atoms with Gasteiger partial charge in [0.15, 0.2) is 9.84 Å². The number of hydrogen-bond acceptors (Lipinski definition) is 5. The van der Waals surface area contributed by atoms with Crippen LogP contribution in [0.15, 0.2) is 29.2 Å². The number of nitro groups is 1. The predicted octanol–water partition coefficient (Wildman–Crippen LogP) is 3.18. The molecule has 0 amide bonds. The number of para-hydroxylation sites is 1. The smallest absolute Gasteiger partial charge is 0.303 e. The number of carboxylic acids is 1. The zero-order chi connectivity index (χ0) is 17.3. The molecular weight excluding hydrogens is 322 g/mol. The molecule has 128 valence electrons. The van der Waals surface area contributed by atoms with E-state index in [0.29, 0.717) is 19.3 Å². The lowest BCUT2D eigenvalue weighted by Gasteiger charge is -2.05. The number of carbonyl (C=O) groups is 1. The van der Waals surface area contributed by atoms with Crippen molar-refractivity contribution in [1.82, 2.24) is 0 Å². The van der Waals surface area contributed by atoms with Crippen LogP contribution >= 0.6 is 0 Å². The molecule has 8 heteroatoms. The summed E-state index contributed by atoms with van der Waals surface area (Å²) in [6.45, 7) is 0. The third-order valence-electron chi connectivity index (χ3n) is 3.45. The zero-order valence-corrected chi connectivity index (χ0v) is 13.6. The highest BCUT2D eigenvalue weighted by atomic mass is 32.2. The van der Waals surface area contributed by atoms with Crippen molar-refractivity contribution >= 4 is 21.5 Å². The summed E-state index contributed by atoms with van der Waals surface area (Å²) in [5.74, 6) is -0.923. The number of rotatable bonds is 11. The van der Waals surface area contributed by atoms with Gasteiger partial charge in [0.1, 0.15) is 4.90 Å². The van der Waals surface area contributed by atoms with E-state index in [1.54, 1.807) is 0 Å². The molecule has 0 heterocycles. The largest absolute Gasteiger partial charge is 0.481 e. The van der Waals surface area contributed by atoms with Gasteiger partial charge in [0, 0.05) is 12.5 Å². The maximum absolute atomic E-state index is 12.2. The molecule has 0 aliphatic heterocycles. The maximum Gasteiger partial charge on any atom is 0.303 e. The molecule has 0 radical (unpaired) electrons. The van der Waals surface area contributed by atoms with Gasteiger partial charge in [-0.15, -0.1) is 0 Å². The Morgan fingerprint density at radius 1 is 1.04 bits per heavy atom. The van der Waals surface area contributed by atoms with Crippen LogP contribution in [-0.4, -0.2) is 30.2 Å². The van der Waals surface area contributed by atoms with E-state index in [4.69, 9.17) is 5.11 Å². The van der Waals surface area contributed by atoms with Crippen LogP contribution in [0, 0.1) is 10.1 Å². The van der Waals surface area contributed by atoms with Gasteiger partial charge < -0.3 is 5.11 Å². The van der Waals surface area contributed by atoms with Gasteiger partial charge in [0.2, 0.25) is 0 Å². The fourth-order valence-corrected chi connectivity index (χ4v) is 3.81. The highest BCUT2D eigenvalue weighted by Gasteiger charge is 2.24. The Labute approximate surface area is 135 Å². The Morgan fingerprint density at radius 3 is 2.22 bits per heavy atom. The molecule has 0 spiro atoms. The number of aliphatic carboxylic acids is 1. The van der Waals surface area contributed by atoms with Gasteiger partial charge >= 0.3 is 5.97 Å². The van der Waals surface area contributed by atoms with Gasteiger partial charge in [0.25, 0.3) is 5.69 Å². The second-order valence-corrected chi connectivity index (χ2v) is 7.39. The normalized spacial score (nSPS) is 11.3. The molecule has 0 saturated heterocycles. The summed E-state index contributed by atoms with van der Waals surface area (Å²) in [6, 6.07) is 5.37. The summed E-state index contributed by atoms with van der Waals surface area (Å²) >= 11 is 0. The Bertz CT molecular complexity index is 641. The zero-order valence-electron chi connectivity index (χ0n) is 12.8. The maximum atomic E-state index is 12.2. The van der Waals surface area contributed by atoms with Gasteiger partial charge in [-0.25, -0.2) is 8.42 Å². The predicted molar refractivity (Wildman–Crippen MR) is 85.1 cm³/mol. The van der Waals surface area contributed by atoms with Gasteiger partial charge in [0.05, 0.1) is 10.7 Å². The molecule has 0 saturated carbocycles. The van der Waals surface area contributed by atoms with Crippen molar-refractivity contribution < 1.29 is 23.2 Å². The summed E-state index contributed by atoms with van der Waals surface area (Å²) in [5.41, 5.74) is -0.388. The molecule has 1 rings (SSSR count). The lowest BCUT2D eigenvalue weighted by Crippen LogP contribution is -2.09. The van der Waals surface area contributed by atoms with E-state index in [9.17, 15) is 23.3 Å². The van der Waals surface area contributed by atoms with Crippen molar-refractivity contribution in [1.29, 1.82) is 0 Å². The molecule has 0 aliphatic rings. The molecule has 0 fully saturated rings. The Hall–Kier alpha value is -1.96. The molecule has 0 aliphatic carbocycles. The summed E-state index contributed by atoms with van der Waals surface area (Å²) < 4.78 is 24.4. The molecule has 1 aromatic rings. The monoisotopic (exact) mass is 343 g/mol. The Balaban J connectivity index is 2.40.